The van der Waals surface area contributed by atoms with Gasteiger partial charge >= 0.3 is 0 Å². The Morgan fingerprint density at radius 3 is 2.62 bits per heavy atom. The van der Waals surface area contributed by atoms with Gasteiger partial charge in [-0.05, 0) is 43.7 Å². The molecule has 0 amide bonds. The Morgan fingerprint density at radius 1 is 1.21 bits per heavy atom. The first kappa shape index (κ1) is 15.7. The van der Waals surface area contributed by atoms with E-state index in [1.807, 2.05) is 56.3 Å². The van der Waals surface area contributed by atoms with Crippen LogP contribution in [0.1, 0.15) is 19.4 Å². The Hall–Kier alpha value is -3.15. The highest BCUT2D eigenvalue weighted by Crippen LogP contribution is 2.12. The number of para-hydroxylation sites is 1. The standard InChI is InChI=1S/C18H19N5O/c1-3-23-17(24)15-6-4-5-7-16(15)20-18(23)22-21-12(2)13-8-10-14(19)11-9-13/h4-11H,3,19H2,1-2H3,(H,20,22)/b21-12-. The van der Waals surface area contributed by atoms with Crippen LogP contribution in [0.25, 0.3) is 10.9 Å². The second-order valence-corrected chi connectivity index (χ2v) is 5.43. The number of hydrogen-bond donors (Lipinski definition) is 2. The quantitative estimate of drug-likeness (QED) is 0.439. The predicted molar refractivity (Wildman–Crippen MR) is 98.4 cm³/mol. The molecule has 6 heteroatoms. The number of benzene rings is 2. The monoisotopic (exact) mass is 321 g/mol. The van der Waals surface area contributed by atoms with Gasteiger partial charge in [0.25, 0.3) is 5.56 Å². The fourth-order valence-corrected chi connectivity index (χ4v) is 2.47. The molecule has 3 rings (SSSR count). The Bertz CT molecular complexity index is 957. The van der Waals surface area contributed by atoms with Gasteiger partial charge < -0.3 is 5.73 Å². The largest absolute Gasteiger partial charge is 0.399 e. The van der Waals surface area contributed by atoms with Crippen LogP contribution in [0.2, 0.25) is 0 Å². The fourth-order valence-electron chi connectivity index (χ4n) is 2.47. The maximum Gasteiger partial charge on any atom is 0.262 e. The van der Waals surface area contributed by atoms with Gasteiger partial charge in [0.1, 0.15) is 0 Å². The fraction of sp³-hybridized carbons (Fsp3) is 0.167. The number of nitrogens with one attached hydrogen (secondary N) is 1. The lowest BCUT2D eigenvalue weighted by molar-refractivity contribution is 0.724. The summed E-state index contributed by atoms with van der Waals surface area (Å²) in [5, 5.41) is 4.96. The van der Waals surface area contributed by atoms with Crippen LogP contribution >= 0.6 is 0 Å². The lowest BCUT2D eigenvalue weighted by Crippen LogP contribution is -2.23. The van der Waals surface area contributed by atoms with Crippen molar-refractivity contribution in [2.75, 3.05) is 11.2 Å². The van der Waals surface area contributed by atoms with Crippen molar-refractivity contribution in [3.05, 3.63) is 64.4 Å². The summed E-state index contributed by atoms with van der Waals surface area (Å²) < 4.78 is 1.57. The number of hydrazone groups is 1. The normalized spacial score (nSPS) is 11.7. The van der Waals surface area contributed by atoms with Crippen LogP contribution < -0.4 is 16.7 Å². The lowest BCUT2D eigenvalue weighted by atomic mass is 10.1. The van der Waals surface area contributed by atoms with Crippen molar-refractivity contribution < 1.29 is 0 Å². The minimum atomic E-state index is -0.0778. The molecule has 0 saturated carbocycles. The molecule has 0 fully saturated rings. The first-order chi connectivity index (χ1) is 11.6. The third-order valence-electron chi connectivity index (χ3n) is 3.83. The van der Waals surface area contributed by atoms with Gasteiger partial charge in [0.2, 0.25) is 5.95 Å². The molecule has 0 bridgehead atoms. The Labute approximate surface area is 139 Å². The van der Waals surface area contributed by atoms with Crippen molar-refractivity contribution >= 4 is 28.3 Å². The highest BCUT2D eigenvalue weighted by Gasteiger charge is 2.09. The van der Waals surface area contributed by atoms with Gasteiger partial charge in [-0.3, -0.25) is 9.36 Å². The van der Waals surface area contributed by atoms with Crippen LogP contribution in [0, 0.1) is 0 Å². The van der Waals surface area contributed by atoms with E-state index >= 15 is 0 Å². The second kappa shape index (κ2) is 6.54. The molecule has 3 N–H and O–H groups in total. The van der Waals surface area contributed by atoms with E-state index in [1.54, 1.807) is 10.6 Å². The number of nitrogen functional groups attached to an aromatic ring is 1. The third kappa shape index (κ3) is 2.99. The first-order valence-corrected chi connectivity index (χ1v) is 7.76. The van der Waals surface area contributed by atoms with Gasteiger partial charge in [-0.25, -0.2) is 10.4 Å². The average Bonchev–Trinajstić information content (AvgIpc) is 2.60. The smallest absolute Gasteiger partial charge is 0.262 e. The Kier molecular flexibility index (Phi) is 4.29. The zero-order valence-electron chi connectivity index (χ0n) is 13.7. The van der Waals surface area contributed by atoms with Gasteiger partial charge in [0.05, 0.1) is 16.6 Å². The van der Waals surface area contributed by atoms with Crippen LogP contribution in [0.15, 0.2) is 58.4 Å². The van der Waals surface area contributed by atoms with Gasteiger partial charge in [-0.2, -0.15) is 5.10 Å². The molecule has 0 spiro atoms. The van der Waals surface area contributed by atoms with Crippen LogP contribution in [-0.4, -0.2) is 15.3 Å². The molecule has 0 saturated heterocycles. The van der Waals surface area contributed by atoms with Crippen LogP contribution in [0.3, 0.4) is 0 Å². The van der Waals surface area contributed by atoms with Gasteiger partial charge in [-0.15, -0.1) is 0 Å². The molecule has 0 radical (unpaired) electrons. The number of anilines is 2. The summed E-state index contributed by atoms with van der Waals surface area (Å²) >= 11 is 0. The van der Waals surface area contributed by atoms with Crippen molar-refractivity contribution in [1.82, 2.24) is 9.55 Å². The van der Waals surface area contributed by atoms with E-state index in [9.17, 15) is 4.79 Å². The average molecular weight is 321 g/mol. The number of rotatable bonds is 4. The van der Waals surface area contributed by atoms with Crippen LogP contribution in [-0.2, 0) is 6.54 Å². The molecule has 1 aromatic heterocycles. The molecular formula is C18H19N5O. The molecule has 1 heterocycles. The zero-order valence-corrected chi connectivity index (χ0v) is 13.7. The zero-order chi connectivity index (χ0) is 17.1. The maximum absolute atomic E-state index is 12.6. The molecule has 0 aliphatic heterocycles. The van der Waals surface area contributed by atoms with E-state index in [0.717, 1.165) is 11.3 Å². The lowest BCUT2D eigenvalue weighted by Gasteiger charge is -2.11. The minimum absolute atomic E-state index is 0.0778. The molecule has 0 aliphatic carbocycles. The van der Waals surface area contributed by atoms with Gasteiger partial charge in [0.15, 0.2) is 0 Å². The van der Waals surface area contributed by atoms with Gasteiger partial charge in [-0.1, -0.05) is 24.3 Å². The summed E-state index contributed by atoms with van der Waals surface area (Å²) in [6.07, 6.45) is 0. The number of hydrogen-bond acceptors (Lipinski definition) is 5. The van der Waals surface area contributed by atoms with Crippen LogP contribution in [0.5, 0.6) is 0 Å². The number of nitrogens with two attached hydrogens (primary N) is 1. The number of fused-ring (bicyclic) bond motifs is 1. The van der Waals surface area contributed by atoms with Gasteiger partial charge in [0, 0.05) is 12.2 Å². The summed E-state index contributed by atoms with van der Waals surface area (Å²) in [7, 11) is 0. The maximum atomic E-state index is 12.6. The van der Waals surface area contributed by atoms with Crippen molar-refractivity contribution in [3.8, 4) is 0 Å². The number of aromatic nitrogens is 2. The van der Waals surface area contributed by atoms with Crippen molar-refractivity contribution in [3.63, 3.8) is 0 Å². The summed E-state index contributed by atoms with van der Waals surface area (Å²) in [4.78, 5) is 17.1. The van der Waals surface area contributed by atoms with Crippen molar-refractivity contribution in [2.45, 2.75) is 20.4 Å². The second-order valence-electron chi connectivity index (χ2n) is 5.43. The molecule has 122 valence electrons. The number of nitrogens with zero attached hydrogens (tertiary/aromatic N) is 3. The summed E-state index contributed by atoms with van der Waals surface area (Å²) in [5.41, 5.74) is 11.6. The van der Waals surface area contributed by atoms with E-state index in [0.29, 0.717) is 29.1 Å². The van der Waals surface area contributed by atoms with E-state index in [-0.39, 0.29) is 5.56 Å². The molecule has 2 aromatic carbocycles. The van der Waals surface area contributed by atoms with Crippen molar-refractivity contribution in [2.24, 2.45) is 5.10 Å². The molecule has 24 heavy (non-hydrogen) atoms. The highest BCUT2D eigenvalue weighted by molar-refractivity contribution is 5.99. The molecule has 0 unspecified atom stereocenters. The molecular weight excluding hydrogens is 302 g/mol. The Morgan fingerprint density at radius 2 is 1.92 bits per heavy atom. The minimum Gasteiger partial charge on any atom is -0.399 e. The van der Waals surface area contributed by atoms with E-state index < -0.39 is 0 Å². The first-order valence-electron chi connectivity index (χ1n) is 7.76. The van der Waals surface area contributed by atoms with E-state index in [2.05, 4.69) is 15.5 Å². The molecule has 6 nitrogen and oxygen atoms in total. The topological polar surface area (TPSA) is 85.3 Å². The predicted octanol–water partition coefficient (Wildman–Crippen LogP) is 2.83. The highest BCUT2D eigenvalue weighted by atomic mass is 16.1. The van der Waals surface area contributed by atoms with E-state index in [4.69, 9.17) is 5.73 Å². The molecule has 0 atom stereocenters. The SMILES string of the molecule is CCn1c(N/N=C(/C)c2ccc(N)cc2)nc2ccccc2c1=O. The van der Waals surface area contributed by atoms with Crippen LogP contribution in [0.4, 0.5) is 11.6 Å². The summed E-state index contributed by atoms with van der Waals surface area (Å²) in [6, 6.07) is 14.7. The Balaban J connectivity index is 1.99. The molecule has 3 aromatic rings. The molecule has 0 aliphatic rings. The van der Waals surface area contributed by atoms with Crippen molar-refractivity contribution in [1.29, 1.82) is 0 Å². The summed E-state index contributed by atoms with van der Waals surface area (Å²) in [5.74, 6) is 0.427. The van der Waals surface area contributed by atoms with E-state index in [1.165, 1.54) is 0 Å². The summed E-state index contributed by atoms with van der Waals surface area (Å²) in [6.45, 7) is 4.29. The third-order valence-corrected chi connectivity index (χ3v) is 3.83.